The topological polar surface area (TPSA) is 74.7 Å². The predicted octanol–water partition coefficient (Wildman–Crippen LogP) is 4.14. The van der Waals surface area contributed by atoms with E-state index in [-0.39, 0.29) is 17.4 Å². The van der Waals surface area contributed by atoms with Crippen molar-refractivity contribution in [1.29, 1.82) is 0 Å². The van der Waals surface area contributed by atoms with E-state index in [0.29, 0.717) is 23.6 Å². The molecule has 0 aromatic heterocycles. The SMILES string of the molecule is O=C(O)C(=O)CC(=O)N(CCCc1ccc(F)cc1)c1ccc(Cl)c(Cl)c1. The maximum absolute atomic E-state index is 13.0. The van der Waals surface area contributed by atoms with Crippen LogP contribution in [0.4, 0.5) is 10.1 Å². The number of hydrogen-bond acceptors (Lipinski definition) is 3. The summed E-state index contributed by atoms with van der Waals surface area (Å²) in [5, 5.41) is 9.26. The van der Waals surface area contributed by atoms with Crippen molar-refractivity contribution in [3.8, 4) is 0 Å². The van der Waals surface area contributed by atoms with Gasteiger partial charge in [-0.15, -0.1) is 0 Å². The third-order valence-electron chi connectivity index (χ3n) is 3.83. The van der Waals surface area contributed by atoms with E-state index in [1.54, 1.807) is 18.2 Å². The molecule has 142 valence electrons. The van der Waals surface area contributed by atoms with Crippen molar-refractivity contribution in [1.82, 2.24) is 0 Å². The van der Waals surface area contributed by atoms with Gasteiger partial charge in [0.1, 0.15) is 5.82 Å². The lowest BCUT2D eigenvalue weighted by Gasteiger charge is -2.23. The number of carbonyl (C=O) groups excluding carboxylic acids is 2. The van der Waals surface area contributed by atoms with Crippen molar-refractivity contribution < 1.29 is 23.9 Å². The number of Topliss-reactive ketones (excluding diaryl/α,β-unsaturated/α-hetero) is 1. The van der Waals surface area contributed by atoms with Crippen LogP contribution in [0.25, 0.3) is 0 Å². The molecule has 5 nitrogen and oxygen atoms in total. The maximum Gasteiger partial charge on any atom is 0.372 e. The number of aryl methyl sites for hydroxylation is 1. The Labute approximate surface area is 165 Å². The van der Waals surface area contributed by atoms with Crippen molar-refractivity contribution in [2.45, 2.75) is 19.3 Å². The molecule has 2 aromatic carbocycles. The Bertz CT molecular complexity index is 855. The van der Waals surface area contributed by atoms with E-state index in [1.807, 2.05) is 0 Å². The molecule has 0 spiro atoms. The van der Waals surface area contributed by atoms with Crippen LogP contribution in [0.15, 0.2) is 42.5 Å². The minimum atomic E-state index is -1.66. The maximum atomic E-state index is 13.0. The van der Waals surface area contributed by atoms with Crippen LogP contribution in [0.5, 0.6) is 0 Å². The summed E-state index contributed by atoms with van der Waals surface area (Å²) in [7, 11) is 0. The normalized spacial score (nSPS) is 10.5. The molecule has 0 aliphatic rings. The summed E-state index contributed by atoms with van der Waals surface area (Å²) in [5.74, 6) is -3.84. The molecule has 0 bridgehead atoms. The summed E-state index contributed by atoms with van der Waals surface area (Å²) >= 11 is 11.9. The zero-order valence-corrected chi connectivity index (χ0v) is 15.6. The number of nitrogens with zero attached hydrogens (tertiary/aromatic N) is 1. The Morgan fingerprint density at radius 3 is 2.26 bits per heavy atom. The summed E-state index contributed by atoms with van der Waals surface area (Å²) < 4.78 is 13.0. The van der Waals surface area contributed by atoms with E-state index < -0.39 is 24.1 Å². The molecule has 0 fully saturated rings. The molecule has 0 radical (unpaired) electrons. The van der Waals surface area contributed by atoms with Gasteiger partial charge in [-0.3, -0.25) is 9.59 Å². The number of amides is 1. The van der Waals surface area contributed by atoms with Crippen LogP contribution in [-0.2, 0) is 20.8 Å². The minimum absolute atomic E-state index is 0.223. The van der Waals surface area contributed by atoms with E-state index >= 15 is 0 Å². The number of aliphatic carboxylic acids is 1. The fraction of sp³-hybridized carbons (Fsp3) is 0.211. The lowest BCUT2D eigenvalue weighted by Crippen LogP contribution is -2.35. The Morgan fingerprint density at radius 2 is 1.67 bits per heavy atom. The van der Waals surface area contributed by atoms with E-state index in [1.165, 1.54) is 29.2 Å². The number of carboxylic acids is 1. The molecular formula is C19H16Cl2FNO4. The van der Waals surface area contributed by atoms with Crippen LogP contribution in [0.3, 0.4) is 0 Å². The summed E-state index contributed by atoms with van der Waals surface area (Å²) in [6, 6.07) is 10.5. The highest BCUT2D eigenvalue weighted by molar-refractivity contribution is 6.42. The molecule has 0 atom stereocenters. The highest BCUT2D eigenvalue weighted by Crippen LogP contribution is 2.28. The lowest BCUT2D eigenvalue weighted by atomic mass is 10.1. The van der Waals surface area contributed by atoms with Crippen molar-refractivity contribution in [2.24, 2.45) is 0 Å². The summed E-state index contributed by atoms with van der Waals surface area (Å²) in [4.78, 5) is 35.9. The second-order valence-electron chi connectivity index (χ2n) is 5.78. The summed E-state index contributed by atoms with van der Waals surface area (Å²) in [5.41, 5.74) is 1.30. The van der Waals surface area contributed by atoms with Gasteiger partial charge in [-0.2, -0.15) is 0 Å². The molecule has 1 amide bonds. The standard InChI is InChI=1S/C19H16Cl2FNO4/c20-15-8-7-14(10-16(15)21)23(18(25)11-17(24)19(26)27)9-1-2-12-3-5-13(22)6-4-12/h3-8,10H,1-2,9,11H2,(H,26,27). The second kappa shape index (κ2) is 9.48. The third kappa shape index (κ3) is 6.05. The highest BCUT2D eigenvalue weighted by Gasteiger charge is 2.23. The molecule has 2 aromatic rings. The van der Waals surface area contributed by atoms with Gasteiger partial charge in [0, 0.05) is 12.2 Å². The number of halogens is 3. The van der Waals surface area contributed by atoms with Gasteiger partial charge in [-0.1, -0.05) is 35.3 Å². The Balaban J connectivity index is 2.14. The first-order valence-electron chi connectivity index (χ1n) is 8.04. The Hall–Kier alpha value is -2.44. The average molecular weight is 412 g/mol. The van der Waals surface area contributed by atoms with Crippen LogP contribution in [0, 0.1) is 5.82 Å². The smallest absolute Gasteiger partial charge is 0.372 e. The highest BCUT2D eigenvalue weighted by atomic mass is 35.5. The molecule has 0 heterocycles. The molecule has 8 heteroatoms. The fourth-order valence-electron chi connectivity index (χ4n) is 2.45. The first kappa shape index (κ1) is 20.9. The molecule has 27 heavy (non-hydrogen) atoms. The van der Waals surface area contributed by atoms with Crippen molar-refractivity contribution >= 4 is 46.5 Å². The largest absolute Gasteiger partial charge is 0.475 e. The van der Waals surface area contributed by atoms with E-state index in [2.05, 4.69) is 0 Å². The van der Waals surface area contributed by atoms with Gasteiger partial charge in [-0.05, 0) is 48.7 Å². The van der Waals surface area contributed by atoms with Gasteiger partial charge in [-0.25, -0.2) is 9.18 Å². The van der Waals surface area contributed by atoms with Crippen LogP contribution >= 0.6 is 23.2 Å². The number of anilines is 1. The van der Waals surface area contributed by atoms with Crippen LogP contribution in [0.2, 0.25) is 10.0 Å². The fourth-order valence-corrected chi connectivity index (χ4v) is 2.74. The Kier molecular flexibility index (Phi) is 7.33. The van der Waals surface area contributed by atoms with Gasteiger partial charge in [0.15, 0.2) is 0 Å². The van der Waals surface area contributed by atoms with Crippen molar-refractivity contribution in [2.75, 3.05) is 11.4 Å². The third-order valence-corrected chi connectivity index (χ3v) is 4.57. The number of benzene rings is 2. The molecule has 0 aliphatic heterocycles. The lowest BCUT2D eigenvalue weighted by molar-refractivity contribution is -0.150. The molecule has 0 saturated heterocycles. The first-order valence-corrected chi connectivity index (χ1v) is 8.79. The van der Waals surface area contributed by atoms with Crippen LogP contribution in [-0.4, -0.2) is 29.3 Å². The first-order chi connectivity index (χ1) is 12.8. The van der Waals surface area contributed by atoms with E-state index in [0.717, 1.165) is 5.56 Å². The van der Waals surface area contributed by atoms with Crippen LogP contribution < -0.4 is 4.90 Å². The molecule has 0 aliphatic carbocycles. The zero-order valence-electron chi connectivity index (χ0n) is 14.1. The van der Waals surface area contributed by atoms with Gasteiger partial charge in [0.2, 0.25) is 11.7 Å². The van der Waals surface area contributed by atoms with Gasteiger partial charge in [0.05, 0.1) is 16.5 Å². The zero-order chi connectivity index (χ0) is 20.0. The van der Waals surface area contributed by atoms with E-state index in [4.69, 9.17) is 28.3 Å². The monoisotopic (exact) mass is 411 g/mol. The number of carbonyl (C=O) groups is 3. The summed E-state index contributed by atoms with van der Waals surface area (Å²) in [6.45, 7) is 0.223. The van der Waals surface area contributed by atoms with Crippen molar-refractivity contribution in [3.05, 3.63) is 63.9 Å². The van der Waals surface area contributed by atoms with Crippen molar-refractivity contribution in [3.63, 3.8) is 0 Å². The quantitative estimate of drug-likeness (QED) is 0.523. The Morgan fingerprint density at radius 1 is 1.00 bits per heavy atom. The minimum Gasteiger partial charge on any atom is -0.475 e. The molecule has 2 rings (SSSR count). The second-order valence-corrected chi connectivity index (χ2v) is 6.59. The van der Waals surface area contributed by atoms with Gasteiger partial charge in [0.25, 0.3) is 0 Å². The molecule has 0 unspecified atom stereocenters. The van der Waals surface area contributed by atoms with E-state index in [9.17, 15) is 18.8 Å². The average Bonchev–Trinajstić information content (AvgIpc) is 2.62. The number of rotatable bonds is 8. The number of hydrogen-bond donors (Lipinski definition) is 1. The number of ketones is 1. The van der Waals surface area contributed by atoms with Gasteiger partial charge < -0.3 is 10.0 Å². The predicted molar refractivity (Wildman–Crippen MR) is 101 cm³/mol. The molecule has 1 N–H and O–H groups in total. The summed E-state index contributed by atoms with van der Waals surface area (Å²) in [6.07, 6.45) is 0.323. The number of carboxylic acid groups (broad SMARTS) is 1. The molecular weight excluding hydrogens is 396 g/mol. The van der Waals surface area contributed by atoms with Crippen LogP contribution in [0.1, 0.15) is 18.4 Å². The van der Waals surface area contributed by atoms with Gasteiger partial charge >= 0.3 is 5.97 Å². The molecule has 0 saturated carbocycles.